The second-order valence-corrected chi connectivity index (χ2v) is 6.87. The molecule has 0 aliphatic rings. The van der Waals surface area contributed by atoms with Crippen LogP contribution >= 0.6 is 0 Å². The minimum atomic E-state index is -1.03. The van der Waals surface area contributed by atoms with Gasteiger partial charge in [-0.2, -0.15) is 0 Å². The number of carboxylic acid groups (broad SMARTS) is 1. The molecule has 5 heteroatoms. The molecule has 28 heavy (non-hydrogen) atoms. The normalized spacial score (nSPS) is 12.9. The van der Waals surface area contributed by atoms with Gasteiger partial charge in [0.25, 0.3) is 0 Å². The Morgan fingerprint density at radius 2 is 1.71 bits per heavy atom. The topological polar surface area (TPSA) is 76.7 Å². The average molecular weight is 389 g/mol. The summed E-state index contributed by atoms with van der Waals surface area (Å²) in [5.41, 5.74) is 4.05. The van der Waals surface area contributed by atoms with Crippen LogP contribution in [0.1, 0.15) is 64.9 Å². The van der Waals surface area contributed by atoms with Crippen LogP contribution in [-0.4, -0.2) is 23.7 Å². The first-order chi connectivity index (χ1) is 13.4. The summed E-state index contributed by atoms with van der Waals surface area (Å²) in [6, 6.07) is 1.99. The molecule has 5 nitrogen and oxygen atoms in total. The summed E-state index contributed by atoms with van der Waals surface area (Å²) in [7, 11) is 0. The maximum absolute atomic E-state index is 11.8. The molecule has 1 aromatic heterocycles. The molecule has 0 saturated carbocycles. The Hall–Kier alpha value is -2.56. The van der Waals surface area contributed by atoms with Crippen molar-refractivity contribution >= 4 is 11.9 Å². The van der Waals surface area contributed by atoms with Gasteiger partial charge >= 0.3 is 11.9 Å². The Morgan fingerprint density at radius 1 is 1.07 bits per heavy atom. The number of hydrogen-bond acceptors (Lipinski definition) is 4. The van der Waals surface area contributed by atoms with E-state index >= 15 is 0 Å². The summed E-state index contributed by atoms with van der Waals surface area (Å²) < 4.78 is 9.98. The highest BCUT2D eigenvalue weighted by molar-refractivity contribution is 5.93. The summed E-state index contributed by atoms with van der Waals surface area (Å²) in [6.07, 6.45) is 14.8. The fourth-order valence-corrected chi connectivity index (χ4v) is 2.76. The van der Waals surface area contributed by atoms with Gasteiger partial charge in [0.2, 0.25) is 0 Å². The third-order valence-corrected chi connectivity index (χ3v) is 4.35. The Bertz CT molecular complexity index is 693. The minimum absolute atomic E-state index is 0.221. The summed E-state index contributed by atoms with van der Waals surface area (Å²) in [4.78, 5) is 22.7. The molecule has 1 aromatic rings. The van der Waals surface area contributed by atoms with Crippen LogP contribution in [0.2, 0.25) is 0 Å². The molecule has 0 unspecified atom stereocenters. The van der Waals surface area contributed by atoms with Gasteiger partial charge in [-0.05, 0) is 70.9 Å². The predicted molar refractivity (Wildman–Crippen MR) is 110 cm³/mol. The van der Waals surface area contributed by atoms with Crippen LogP contribution in [0.15, 0.2) is 58.0 Å². The third kappa shape index (κ3) is 10.6. The molecule has 0 radical (unpaired) electrons. The minimum Gasteiger partial charge on any atom is -0.481 e. The summed E-state index contributed by atoms with van der Waals surface area (Å²) in [5, 5.41) is 8.92. The molecule has 1 heterocycles. The van der Waals surface area contributed by atoms with Gasteiger partial charge in [0.05, 0.1) is 25.6 Å². The molecular weight excluding hydrogens is 356 g/mol. The Kier molecular flexibility index (Phi) is 11.4. The SMILES string of the molecule is CCOC(=O)/C(=C\CC/C(C)=C/CC/C(C)=C/CCc1ccoc1)CC(=O)O. The molecule has 0 fully saturated rings. The first-order valence-electron chi connectivity index (χ1n) is 9.82. The van der Waals surface area contributed by atoms with E-state index in [1.165, 1.54) is 16.7 Å². The predicted octanol–water partition coefficient (Wildman–Crippen LogP) is 5.63. The van der Waals surface area contributed by atoms with E-state index in [-0.39, 0.29) is 18.6 Å². The molecule has 0 spiro atoms. The number of carboxylic acids is 1. The molecule has 0 bridgehead atoms. The van der Waals surface area contributed by atoms with Gasteiger partial charge in [0.1, 0.15) is 0 Å². The number of rotatable bonds is 13. The standard InChI is InChI=1S/C23H32O5/c1-4-28-23(26)21(16-22(24)25)13-7-11-19(3)9-5-8-18(2)10-6-12-20-14-15-27-17-20/h9-10,13-15,17H,4-8,11-12,16H2,1-3H3,(H,24,25)/b18-10+,19-9+,21-13-. The van der Waals surface area contributed by atoms with Crippen molar-refractivity contribution < 1.29 is 23.8 Å². The van der Waals surface area contributed by atoms with E-state index in [1.807, 2.05) is 6.07 Å². The number of ether oxygens (including phenoxy) is 1. The first-order valence-corrected chi connectivity index (χ1v) is 9.82. The third-order valence-electron chi connectivity index (χ3n) is 4.35. The average Bonchev–Trinajstić information content (AvgIpc) is 3.14. The smallest absolute Gasteiger partial charge is 0.334 e. The Morgan fingerprint density at radius 3 is 2.29 bits per heavy atom. The zero-order valence-corrected chi connectivity index (χ0v) is 17.2. The van der Waals surface area contributed by atoms with Crippen LogP contribution in [0, 0.1) is 0 Å². The lowest BCUT2D eigenvalue weighted by Crippen LogP contribution is -2.11. The Labute approximate surface area is 167 Å². The van der Waals surface area contributed by atoms with E-state index in [0.717, 1.165) is 32.1 Å². The monoisotopic (exact) mass is 388 g/mol. The van der Waals surface area contributed by atoms with Crippen LogP contribution in [-0.2, 0) is 20.7 Å². The largest absolute Gasteiger partial charge is 0.481 e. The molecule has 0 amide bonds. The second kappa shape index (κ2) is 13.6. The van der Waals surface area contributed by atoms with Gasteiger partial charge in [0, 0.05) is 5.57 Å². The zero-order valence-electron chi connectivity index (χ0n) is 17.2. The maximum atomic E-state index is 11.8. The molecule has 1 rings (SSSR count). The highest BCUT2D eigenvalue weighted by Gasteiger charge is 2.13. The summed E-state index contributed by atoms with van der Waals surface area (Å²) in [6.45, 7) is 6.16. The quantitative estimate of drug-likeness (QED) is 0.269. The van der Waals surface area contributed by atoms with Gasteiger partial charge in [-0.15, -0.1) is 0 Å². The van der Waals surface area contributed by atoms with Crippen molar-refractivity contribution in [3.8, 4) is 0 Å². The van der Waals surface area contributed by atoms with E-state index in [2.05, 4.69) is 26.0 Å². The molecule has 0 aliphatic heterocycles. The number of aliphatic carboxylic acids is 1. The number of furan rings is 1. The van der Waals surface area contributed by atoms with Crippen molar-refractivity contribution in [1.82, 2.24) is 0 Å². The lowest BCUT2D eigenvalue weighted by molar-refractivity contribution is -0.142. The van der Waals surface area contributed by atoms with E-state index in [1.54, 1.807) is 25.5 Å². The lowest BCUT2D eigenvalue weighted by Gasteiger charge is -2.05. The van der Waals surface area contributed by atoms with E-state index < -0.39 is 11.9 Å². The number of aryl methyl sites for hydroxylation is 1. The maximum Gasteiger partial charge on any atom is 0.334 e. The van der Waals surface area contributed by atoms with Crippen LogP contribution in [0.5, 0.6) is 0 Å². The van der Waals surface area contributed by atoms with Gasteiger partial charge < -0.3 is 14.3 Å². The molecule has 0 aliphatic carbocycles. The number of carbonyl (C=O) groups excluding carboxylic acids is 1. The van der Waals surface area contributed by atoms with E-state index in [4.69, 9.17) is 14.3 Å². The highest BCUT2D eigenvalue weighted by atomic mass is 16.5. The molecule has 0 saturated heterocycles. The van der Waals surface area contributed by atoms with Crippen molar-refractivity contribution in [3.63, 3.8) is 0 Å². The zero-order chi connectivity index (χ0) is 20.8. The number of hydrogen-bond donors (Lipinski definition) is 1. The molecule has 154 valence electrons. The fraction of sp³-hybridized carbons (Fsp3) is 0.478. The number of esters is 1. The van der Waals surface area contributed by atoms with Gasteiger partial charge in [0.15, 0.2) is 0 Å². The van der Waals surface area contributed by atoms with Crippen molar-refractivity contribution in [1.29, 1.82) is 0 Å². The fourth-order valence-electron chi connectivity index (χ4n) is 2.76. The Balaban J connectivity index is 2.37. The highest BCUT2D eigenvalue weighted by Crippen LogP contribution is 2.14. The first kappa shape index (κ1) is 23.5. The molecule has 1 N–H and O–H groups in total. The van der Waals surface area contributed by atoms with Gasteiger partial charge in [-0.3, -0.25) is 4.79 Å². The van der Waals surface area contributed by atoms with E-state index in [9.17, 15) is 9.59 Å². The van der Waals surface area contributed by atoms with Gasteiger partial charge in [-0.25, -0.2) is 4.79 Å². The second-order valence-electron chi connectivity index (χ2n) is 6.87. The summed E-state index contributed by atoms with van der Waals surface area (Å²) >= 11 is 0. The van der Waals surface area contributed by atoms with Crippen LogP contribution < -0.4 is 0 Å². The lowest BCUT2D eigenvalue weighted by atomic mass is 10.0. The van der Waals surface area contributed by atoms with Gasteiger partial charge in [-0.1, -0.05) is 29.4 Å². The molecular formula is C23H32O5. The molecule has 0 atom stereocenters. The van der Waals surface area contributed by atoms with Crippen LogP contribution in [0.3, 0.4) is 0 Å². The van der Waals surface area contributed by atoms with E-state index in [0.29, 0.717) is 6.42 Å². The van der Waals surface area contributed by atoms with Crippen molar-refractivity contribution in [2.75, 3.05) is 6.61 Å². The van der Waals surface area contributed by atoms with Crippen LogP contribution in [0.25, 0.3) is 0 Å². The van der Waals surface area contributed by atoms with Crippen molar-refractivity contribution in [3.05, 3.63) is 59.1 Å². The van der Waals surface area contributed by atoms with Crippen molar-refractivity contribution in [2.24, 2.45) is 0 Å². The summed E-state index contributed by atoms with van der Waals surface area (Å²) in [5.74, 6) is -1.57. The number of allylic oxidation sites excluding steroid dienone is 5. The molecule has 0 aromatic carbocycles. The van der Waals surface area contributed by atoms with Crippen molar-refractivity contribution in [2.45, 2.75) is 65.7 Å². The number of carbonyl (C=O) groups is 2. The van der Waals surface area contributed by atoms with Crippen LogP contribution in [0.4, 0.5) is 0 Å².